The van der Waals surface area contributed by atoms with Gasteiger partial charge >= 0.3 is 0 Å². The molecule has 4 rings (SSSR count). The standard InChI is InChI=1S/C15H16N2O4/c1-2-4-11-10(3-1)16-9-12(17-11)13(14-18-5-6-19-14)15-20-7-8-21-15/h1-4,9,13-15H,5-8H2. The van der Waals surface area contributed by atoms with Crippen molar-refractivity contribution in [1.82, 2.24) is 9.97 Å². The lowest BCUT2D eigenvalue weighted by Crippen LogP contribution is -2.32. The first-order valence-corrected chi connectivity index (χ1v) is 7.10. The minimum atomic E-state index is -0.399. The summed E-state index contributed by atoms with van der Waals surface area (Å²) in [7, 11) is 0. The molecule has 2 fully saturated rings. The predicted molar refractivity (Wildman–Crippen MR) is 73.7 cm³/mol. The summed E-state index contributed by atoms with van der Waals surface area (Å²) in [4.78, 5) is 9.14. The molecule has 0 N–H and O–H groups in total. The van der Waals surface area contributed by atoms with E-state index >= 15 is 0 Å². The van der Waals surface area contributed by atoms with Crippen LogP contribution in [0.2, 0.25) is 0 Å². The first kappa shape index (κ1) is 13.1. The largest absolute Gasteiger partial charge is 0.349 e. The van der Waals surface area contributed by atoms with Gasteiger partial charge in [0, 0.05) is 6.20 Å². The highest BCUT2D eigenvalue weighted by Crippen LogP contribution is 2.32. The van der Waals surface area contributed by atoms with E-state index in [0.29, 0.717) is 26.4 Å². The number of hydrogen-bond donors (Lipinski definition) is 0. The number of para-hydroxylation sites is 2. The molecule has 2 aliphatic heterocycles. The molecule has 0 unspecified atom stereocenters. The summed E-state index contributed by atoms with van der Waals surface area (Å²) in [5.74, 6) is -0.230. The molecule has 1 aromatic carbocycles. The molecule has 0 aliphatic carbocycles. The third kappa shape index (κ3) is 2.51. The maximum absolute atomic E-state index is 5.64. The van der Waals surface area contributed by atoms with Crippen molar-refractivity contribution in [2.75, 3.05) is 26.4 Å². The number of aromatic nitrogens is 2. The quantitative estimate of drug-likeness (QED) is 0.852. The highest BCUT2D eigenvalue weighted by atomic mass is 16.7. The molecule has 3 heterocycles. The Hall–Kier alpha value is -1.60. The van der Waals surface area contributed by atoms with Crippen LogP contribution < -0.4 is 0 Å². The predicted octanol–water partition coefficient (Wildman–Crippen LogP) is 1.46. The maximum Gasteiger partial charge on any atom is 0.171 e. The number of fused-ring (bicyclic) bond motifs is 1. The van der Waals surface area contributed by atoms with E-state index in [-0.39, 0.29) is 5.92 Å². The number of hydrogen-bond acceptors (Lipinski definition) is 6. The van der Waals surface area contributed by atoms with Crippen LogP contribution in [-0.4, -0.2) is 49.0 Å². The van der Waals surface area contributed by atoms with Gasteiger partial charge in [0.25, 0.3) is 0 Å². The molecule has 0 radical (unpaired) electrons. The number of ether oxygens (including phenoxy) is 4. The van der Waals surface area contributed by atoms with Crippen LogP contribution in [0.15, 0.2) is 30.5 Å². The van der Waals surface area contributed by atoms with Crippen LogP contribution in [0.3, 0.4) is 0 Å². The van der Waals surface area contributed by atoms with Crippen LogP contribution in [0.25, 0.3) is 11.0 Å². The Kier molecular flexibility index (Phi) is 3.52. The molecule has 0 amide bonds. The SMILES string of the molecule is c1ccc2nc(C(C3OCCO3)C3OCCO3)cnc2c1. The van der Waals surface area contributed by atoms with Gasteiger partial charge in [-0.1, -0.05) is 12.1 Å². The zero-order valence-corrected chi connectivity index (χ0v) is 11.5. The van der Waals surface area contributed by atoms with Crippen molar-refractivity contribution in [3.63, 3.8) is 0 Å². The molecule has 6 heteroatoms. The first-order chi connectivity index (χ1) is 10.4. The Morgan fingerprint density at radius 1 is 0.857 bits per heavy atom. The molecule has 21 heavy (non-hydrogen) atoms. The van der Waals surface area contributed by atoms with Gasteiger partial charge in [0.1, 0.15) is 5.92 Å². The molecule has 2 aliphatic rings. The fraction of sp³-hybridized carbons (Fsp3) is 0.467. The smallest absolute Gasteiger partial charge is 0.171 e. The zero-order chi connectivity index (χ0) is 14.1. The van der Waals surface area contributed by atoms with E-state index < -0.39 is 12.6 Å². The highest BCUT2D eigenvalue weighted by molar-refractivity contribution is 5.73. The molecule has 0 spiro atoms. The van der Waals surface area contributed by atoms with Crippen LogP contribution in [0.5, 0.6) is 0 Å². The molecular formula is C15H16N2O4. The molecule has 6 nitrogen and oxygen atoms in total. The Morgan fingerprint density at radius 3 is 2.05 bits per heavy atom. The van der Waals surface area contributed by atoms with Gasteiger partial charge in [0.2, 0.25) is 0 Å². The maximum atomic E-state index is 5.64. The lowest BCUT2D eigenvalue weighted by atomic mass is 10.0. The lowest BCUT2D eigenvalue weighted by Gasteiger charge is -2.25. The van der Waals surface area contributed by atoms with Crippen LogP contribution in [0.1, 0.15) is 11.6 Å². The number of benzene rings is 1. The molecule has 0 bridgehead atoms. The van der Waals surface area contributed by atoms with Crippen LogP contribution in [-0.2, 0) is 18.9 Å². The van der Waals surface area contributed by atoms with Gasteiger partial charge in [-0.2, -0.15) is 0 Å². The monoisotopic (exact) mass is 288 g/mol. The average molecular weight is 288 g/mol. The minimum Gasteiger partial charge on any atom is -0.349 e. The Bertz CT molecular complexity index is 608. The summed E-state index contributed by atoms with van der Waals surface area (Å²) in [6, 6.07) is 7.77. The van der Waals surface area contributed by atoms with Gasteiger partial charge in [-0.25, -0.2) is 4.98 Å². The topological polar surface area (TPSA) is 62.7 Å². The summed E-state index contributed by atoms with van der Waals surface area (Å²) >= 11 is 0. The van der Waals surface area contributed by atoms with Gasteiger partial charge < -0.3 is 18.9 Å². The normalized spacial score (nSPS) is 20.8. The second-order valence-electron chi connectivity index (χ2n) is 5.03. The van der Waals surface area contributed by atoms with E-state index in [1.54, 1.807) is 6.20 Å². The van der Waals surface area contributed by atoms with E-state index in [9.17, 15) is 0 Å². The molecule has 0 atom stereocenters. The minimum absolute atomic E-state index is 0.230. The second-order valence-corrected chi connectivity index (χ2v) is 5.03. The second kappa shape index (κ2) is 5.65. The summed E-state index contributed by atoms with van der Waals surface area (Å²) in [6.07, 6.45) is 0.954. The van der Waals surface area contributed by atoms with Crippen LogP contribution in [0.4, 0.5) is 0 Å². The third-order valence-electron chi connectivity index (χ3n) is 3.69. The Morgan fingerprint density at radius 2 is 1.43 bits per heavy atom. The lowest BCUT2D eigenvalue weighted by molar-refractivity contribution is -0.146. The van der Waals surface area contributed by atoms with Crippen LogP contribution >= 0.6 is 0 Å². The fourth-order valence-corrected chi connectivity index (χ4v) is 2.71. The average Bonchev–Trinajstić information content (AvgIpc) is 3.21. The molecular weight excluding hydrogens is 272 g/mol. The summed E-state index contributed by atoms with van der Waals surface area (Å²) in [5, 5.41) is 0. The molecule has 0 saturated carbocycles. The number of rotatable bonds is 3. The van der Waals surface area contributed by atoms with Gasteiger partial charge in [-0.05, 0) is 12.1 Å². The van der Waals surface area contributed by atoms with E-state index in [4.69, 9.17) is 18.9 Å². The molecule has 1 aromatic heterocycles. The summed E-state index contributed by atoms with van der Waals surface area (Å²) in [6.45, 7) is 2.31. The number of nitrogens with zero attached hydrogens (tertiary/aromatic N) is 2. The first-order valence-electron chi connectivity index (χ1n) is 7.10. The van der Waals surface area contributed by atoms with Gasteiger partial charge in [0.05, 0.1) is 43.2 Å². The zero-order valence-electron chi connectivity index (χ0n) is 11.5. The van der Waals surface area contributed by atoms with Gasteiger partial charge in [-0.15, -0.1) is 0 Å². The summed E-state index contributed by atoms with van der Waals surface area (Å²) in [5.41, 5.74) is 2.48. The molecule has 2 saturated heterocycles. The van der Waals surface area contributed by atoms with Crippen molar-refractivity contribution in [2.45, 2.75) is 18.5 Å². The molecule has 110 valence electrons. The Balaban J connectivity index is 1.72. The van der Waals surface area contributed by atoms with Crippen molar-refractivity contribution in [2.24, 2.45) is 0 Å². The van der Waals surface area contributed by atoms with Crippen molar-refractivity contribution in [3.8, 4) is 0 Å². The van der Waals surface area contributed by atoms with E-state index in [2.05, 4.69) is 9.97 Å². The third-order valence-corrected chi connectivity index (χ3v) is 3.69. The van der Waals surface area contributed by atoms with Crippen molar-refractivity contribution >= 4 is 11.0 Å². The van der Waals surface area contributed by atoms with Crippen LogP contribution in [0, 0.1) is 0 Å². The van der Waals surface area contributed by atoms with Crippen molar-refractivity contribution in [1.29, 1.82) is 0 Å². The summed E-state index contributed by atoms with van der Waals surface area (Å²) < 4.78 is 22.6. The van der Waals surface area contributed by atoms with Crippen molar-refractivity contribution in [3.05, 3.63) is 36.2 Å². The molecule has 2 aromatic rings. The van der Waals surface area contributed by atoms with Gasteiger partial charge in [0.15, 0.2) is 12.6 Å². The van der Waals surface area contributed by atoms with E-state index in [1.165, 1.54) is 0 Å². The van der Waals surface area contributed by atoms with Gasteiger partial charge in [-0.3, -0.25) is 4.98 Å². The fourth-order valence-electron chi connectivity index (χ4n) is 2.71. The Labute approximate surface area is 122 Å². The van der Waals surface area contributed by atoms with Crippen molar-refractivity contribution < 1.29 is 18.9 Å². The van der Waals surface area contributed by atoms with E-state index in [0.717, 1.165) is 16.7 Å². The van der Waals surface area contributed by atoms with E-state index in [1.807, 2.05) is 24.3 Å². The highest BCUT2D eigenvalue weighted by Gasteiger charge is 2.39.